The van der Waals surface area contributed by atoms with Gasteiger partial charge in [0.05, 0.1) is 82.4 Å². The van der Waals surface area contributed by atoms with E-state index < -0.39 is 341 Å². The van der Waals surface area contributed by atoms with E-state index in [4.69, 9.17) is 15.1 Å². The van der Waals surface area contributed by atoms with E-state index in [1.165, 1.54) is 0 Å². The van der Waals surface area contributed by atoms with E-state index >= 15 is 0 Å². The fourth-order valence-electron chi connectivity index (χ4n) is 8.55. The van der Waals surface area contributed by atoms with Gasteiger partial charge < -0.3 is 4.57 Å². The molecule has 0 saturated carbocycles. The summed E-state index contributed by atoms with van der Waals surface area (Å²) < 4.78 is 339. The number of para-hydroxylation sites is 7. The molecule has 298 valence electrons. The summed E-state index contributed by atoms with van der Waals surface area (Å²) in [5.41, 5.74) is -6.39. The zero-order valence-corrected chi connectivity index (χ0v) is 32.7. The molecule has 7 heteroatoms. The van der Waals surface area contributed by atoms with Crippen LogP contribution < -0.4 is 20.7 Å². The first kappa shape index (κ1) is 15.2. The van der Waals surface area contributed by atoms with Crippen molar-refractivity contribution in [1.29, 1.82) is 0 Å². The molecule has 1 atom stereocenters. The van der Waals surface area contributed by atoms with Gasteiger partial charge in [-0.2, -0.15) is 15.0 Å². The van der Waals surface area contributed by atoms with Gasteiger partial charge in [0.1, 0.15) is 0 Å². The predicted molar refractivity (Wildman–Crippen MR) is 265 cm³/mol. The molecule has 1 aliphatic heterocycles. The summed E-state index contributed by atoms with van der Waals surface area (Å²) in [6, 6.07) is -38.6. The number of aromatic nitrogens is 6. The summed E-state index contributed by atoms with van der Waals surface area (Å²) >= 11 is 0. The third-order valence-corrected chi connectivity index (χ3v) is 15.3. The van der Waals surface area contributed by atoms with Crippen molar-refractivity contribution in [2.75, 3.05) is 0 Å². The summed E-state index contributed by atoms with van der Waals surface area (Å²) in [5, 5.41) is -7.86. The molecule has 0 amide bonds. The van der Waals surface area contributed by atoms with E-state index in [0.717, 1.165) is 4.57 Å². The van der Waals surface area contributed by atoms with E-state index in [1.54, 1.807) is 0 Å². The lowest BCUT2D eigenvalue weighted by Crippen LogP contribution is -2.76. The standard InChI is InChI=1S/C57H36N6Si/c1-2-19-38(20-3-1)64(52-34-15-14-33-51(52)61-46-28-9-8-26-44(46)45-27-17-35-53(64)54(45)61)39-21-16-18-37(36-39)55-58-56(62-47-29-10-4-22-40(47)41-23-5-11-30-48(41)62)60-57(59-55)63-49-31-12-6-24-42(49)43-25-7-13-32-50(43)63/h1-36H/i1D,2D,3D,4D,5D,6D,7D,8D,9D,10D,11D,12D,13D,14D,15D,16D,17D,18D,19D,20D,21D,22D,23D,24D,25D,26D,27D,28D,29D,30D,31D,32D,33D,34D,35D,36D. The number of benzene rings is 9. The van der Waals surface area contributed by atoms with Crippen molar-refractivity contribution in [3.8, 4) is 29.0 Å². The molecule has 1 aliphatic rings. The highest BCUT2D eigenvalue weighted by Gasteiger charge is 2.47. The lowest BCUT2D eigenvalue weighted by atomic mass is 10.1. The second kappa shape index (κ2) is 13.3. The smallest absolute Gasteiger partial charge is 0.240 e. The first-order chi connectivity index (χ1) is 46.7. The quantitative estimate of drug-likeness (QED) is 0.162. The number of nitrogens with zero attached hydrogens (tertiary/aromatic N) is 6. The van der Waals surface area contributed by atoms with Crippen LogP contribution in [0.3, 0.4) is 0 Å². The van der Waals surface area contributed by atoms with E-state index in [0.29, 0.717) is 9.13 Å². The Balaban J connectivity index is 1.30. The largest absolute Gasteiger partial charge is 0.309 e. The lowest BCUT2D eigenvalue weighted by Gasteiger charge is -2.39. The minimum absolute atomic E-state index is 0.615. The summed E-state index contributed by atoms with van der Waals surface area (Å²) in [4.78, 5) is 13.9. The van der Waals surface area contributed by atoms with Crippen LogP contribution in [0.25, 0.3) is 94.4 Å². The Morgan fingerprint density at radius 1 is 0.344 bits per heavy atom. The second-order valence-electron chi connectivity index (χ2n) is 14.1. The molecule has 0 radical (unpaired) electrons. The zero-order valence-electron chi connectivity index (χ0n) is 67.7. The van der Waals surface area contributed by atoms with E-state index in [9.17, 15) is 34.3 Å². The summed E-state index contributed by atoms with van der Waals surface area (Å²) in [6.45, 7) is 0. The van der Waals surface area contributed by atoms with Gasteiger partial charge >= 0.3 is 0 Å². The number of rotatable bonds is 5. The van der Waals surface area contributed by atoms with Crippen molar-refractivity contribution in [3.63, 3.8) is 0 Å². The molecule has 0 fully saturated rings. The molecule has 1 unspecified atom stereocenters. The van der Waals surface area contributed by atoms with Gasteiger partial charge in [0.15, 0.2) is 13.9 Å². The molecule has 0 saturated heterocycles. The Morgan fingerprint density at radius 2 is 0.766 bits per heavy atom. The van der Waals surface area contributed by atoms with Crippen LogP contribution in [-0.4, -0.2) is 36.7 Å². The summed E-state index contributed by atoms with van der Waals surface area (Å²) in [7, 11) is -6.46. The SMILES string of the molecule is [2H]c1c([2H])c([2H])c([Si]2(c3c([2H])c([2H])c([2H])c(-c4nc(-n5c6c([2H])c([2H])c([2H])c([2H])c6c6c([2H])c([2H])c([2H])c([2H])c65)nc(-n5c6c([2H])c([2H])c([2H])c([2H])c6c6c([2H])c([2H])c([2H])c([2H])c65)n4)c3[2H])c3c([2H])c([2H])c([2H])c([2H])c3-n3c4c([2H])c([2H])c([2H])c([2H])c4c4c([2H])c([2H])c([2H])c2c43)c([2H])c1[2H]. The van der Waals surface area contributed by atoms with Gasteiger partial charge in [-0.05, 0) is 57.0 Å². The van der Waals surface area contributed by atoms with E-state index in [-0.39, 0.29) is 0 Å². The molecule has 4 aromatic heterocycles. The van der Waals surface area contributed by atoms with E-state index in [2.05, 4.69) is 15.0 Å². The Hall–Kier alpha value is -8.39. The molecule has 9 aromatic carbocycles. The van der Waals surface area contributed by atoms with Gasteiger partial charge in [0.25, 0.3) is 0 Å². The minimum atomic E-state index is -6.46. The molecule has 14 rings (SSSR count). The van der Waals surface area contributed by atoms with Crippen LogP contribution >= 0.6 is 0 Å². The highest BCUT2D eigenvalue weighted by atomic mass is 28.3. The van der Waals surface area contributed by atoms with Gasteiger partial charge in [-0.25, -0.2) is 0 Å². The topological polar surface area (TPSA) is 53.5 Å². The molecular formula is C57H36N6Si. The van der Waals surface area contributed by atoms with Crippen molar-refractivity contribution in [1.82, 2.24) is 28.7 Å². The normalized spacial score (nSPS) is 22.5. The Bertz CT molecular complexity index is 5840. The van der Waals surface area contributed by atoms with Crippen LogP contribution in [0.5, 0.6) is 0 Å². The third-order valence-electron chi connectivity index (χ3n) is 11.0. The predicted octanol–water partition coefficient (Wildman–Crippen LogP) is 10.5. The monoisotopic (exact) mass is 869 g/mol. The third kappa shape index (κ3) is 4.70. The van der Waals surface area contributed by atoms with Gasteiger partial charge in [0.2, 0.25) is 11.9 Å². The van der Waals surface area contributed by atoms with Gasteiger partial charge in [-0.3, -0.25) is 9.13 Å². The fourth-order valence-corrected chi connectivity index (χ4v) is 12.7. The maximum Gasteiger partial charge on any atom is 0.240 e. The van der Waals surface area contributed by atoms with Crippen LogP contribution in [0.15, 0.2) is 218 Å². The molecule has 0 aliphatic carbocycles. The van der Waals surface area contributed by atoms with Crippen LogP contribution in [-0.2, 0) is 0 Å². The highest BCUT2D eigenvalue weighted by molar-refractivity contribution is 7.21. The molecule has 5 heterocycles. The van der Waals surface area contributed by atoms with Crippen LogP contribution in [0.2, 0.25) is 0 Å². The maximum absolute atomic E-state index is 10.9. The summed E-state index contributed by atoms with van der Waals surface area (Å²) in [6.07, 6.45) is 0. The first-order valence-corrected chi connectivity index (χ1v) is 20.9. The zero-order chi connectivity index (χ0) is 73.3. The van der Waals surface area contributed by atoms with Crippen molar-refractivity contribution in [3.05, 3.63) is 218 Å². The van der Waals surface area contributed by atoms with Crippen molar-refractivity contribution < 1.29 is 49.3 Å². The van der Waals surface area contributed by atoms with Crippen molar-refractivity contribution in [2.45, 2.75) is 0 Å². The van der Waals surface area contributed by atoms with Crippen molar-refractivity contribution >= 4 is 94.2 Å². The first-order valence-electron chi connectivity index (χ1n) is 36.9. The average molecular weight is 869 g/mol. The van der Waals surface area contributed by atoms with Gasteiger partial charge in [-0.15, -0.1) is 0 Å². The van der Waals surface area contributed by atoms with Gasteiger partial charge in [-0.1, -0.05) is 181 Å². The van der Waals surface area contributed by atoms with E-state index in [1.807, 2.05) is 0 Å². The molecule has 0 N–H and O–H groups in total. The van der Waals surface area contributed by atoms with Gasteiger partial charge in [0, 0.05) is 43.6 Å². The molecule has 0 bridgehead atoms. The maximum atomic E-state index is 10.9. The molecule has 64 heavy (non-hydrogen) atoms. The Labute approximate surface area is 419 Å². The van der Waals surface area contributed by atoms with Crippen LogP contribution in [0.1, 0.15) is 49.3 Å². The molecule has 0 spiro atoms. The second-order valence-corrected chi connectivity index (χ2v) is 17.6. The highest BCUT2D eigenvalue weighted by Crippen LogP contribution is 2.37. The fraction of sp³-hybridized carbons (Fsp3) is 0. The summed E-state index contributed by atoms with van der Waals surface area (Å²) in [5.74, 6) is -3.38. The van der Waals surface area contributed by atoms with Crippen LogP contribution in [0, 0.1) is 0 Å². The average Bonchev–Trinajstić information content (AvgIpc) is 1.22. The number of fused-ring (bicyclic) bond motifs is 11. The molecular weight excluding hydrogens is 797 g/mol. The lowest BCUT2D eigenvalue weighted by molar-refractivity contribution is 0.893. The number of hydrogen-bond acceptors (Lipinski definition) is 3. The molecule has 6 nitrogen and oxygen atoms in total. The van der Waals surface area contributed by atoms with Crippen LogP contribution in [0.4, 0.5) is 0 Å². The van der Waals surface area contributed by atoms with Crippen molar-refractivity contribution in [2.24, 2.45) is 0 Å². The Morgan fingerprint density at radius 3 is 1.34 bits per heavy atom. The number of hydrogen-bond donors (Lipinski definition) is 0. The minimum Gasteiger partial charge on any atom is -0.309 e. The molecule has 13 aromatic rings. The Kier molecular flexibility index (Phi) is 3.15.